The number of aliphatic hydroxyl groups is 1. The molecule has 2 aliphatic carbocycles. The second-order valence-electron chi connectivity index (χ2n) is 15.6. The molecule has 4 N–H and O–H groups in total. The van der Waals surface area contributed by atoms with E-state index in [1.54, 1.807) is 7.05 Å². The summed E-state index contributed by atoms with van der Waals surface area (Å²) >= 11 is 0. The Morgan fingerprint density at radius 2 is 0.927 bits per heavy atom. The van der Waals surface area contributed by atoms with Gasteiger partial charge in [0.2, 0.25) is 11.8 Å². The van der Waals surface area contributed by atoms with Crippen LogP contribution in [0.3, 0.4) is 0 Å². The van der Waals surface area contributed by atoms with Gasteiger partial charge in [-0.15, -0.1) is 0 Å². The average molecular weight is 789 g/mol. The van der Waals surface area contributed by atoms with E-state index < -0.39 is 5.97 Å². The minimum absolute atomic E-state index is 0.0383. The molecule has 2 rings (SSSR count). The number of carboxylic acids is 1. The monoisotopic (exact) mass is 789 g/mol. The number of carbonyl (C=O) groups is 4. The van der Waals surface area contributed by atoms with Crippen molar-refractivity contribution in [3.05, 3.63) is 0 Å². The summed E-state index contributed by atoms with van der Waals surface area (Å²) in [6.45, 7) is 16.2. The van der Waals surface area contributed by atoms with Gasteiger partial charge in [0, 0.05) is 51.0 Å². The predicted octanol–water partition coefficient (Wildman–Crippen LogP) is 9.56. The molecule has 2 saturated carbocycles. The lowest BCUT2D eigenvalue weighted by molar-refractivity contribution is -0.149. The van der Waals surface area contributed by atoms with Gasteiger partial charge >= 0.3 is 11.9 Å². The van der Waals surface area contributed by atoms with Crippen LogP contribution >= 0.6 is 0 Å². The van der Waals surface area contributed by atoms with Gasteiger partial charge in [-0.3, -0.25) is 19.2 Å². The molecule has 2 atom stereocenters. The van der Waals surface area contributed by atoms with E-state index in [0.717, 1.165) is 38.9 Å². The quantitative estimate of drug-likeness (QED) is 0.0469. The van der Waals surface area contributed by atoms with E-state index in [4.69, 9.17) is 19.3 Å². The zero-order valence-electron chi connectivity index (χ0n) is 37.0. The highest BCUT2D eigenvalue weighted by Gasteiger charge is 2.25. The van der Waals surface area contributed by atoms with E-state index in [2.05, 4.69) is 52.2 Å². The van der Waals surface area contributed by atoms with Gasteiger partial charge in [0.15, 0.2) is 0 Å². The molecular formula is C44H88N2O9. The van der Waals surface area contributed by atoms with Gasteiger partial charge in [-0.2, -0.15) is 0 Å². The van der Waals surface area contributed by atoms with Crippen LogP contribution in [0.5, 0.6) is 0 Å². The van der Waals surface area contributed by atoms with Crippen LogP contribution in [0.1, 0.15) is 196 Å². The third-order valence-electron chi connectivity index (χ3n) is 10.0. The molecule has 0 aliphatic heterocycles. The van der Waals surface area contributed by atoms with E-state index in [1.807, 2.05) is 0 Å². The highest BCUT2D eigenvalue weighted by molar-refractivity contribution is 5.81. The van der Waals surface area contributed by atoms with Gasteiger partial charge < -0.3 is 35.1 Å². The smallest absolute Gasteiger partial charge is 0.306 e. The number of rotatable bonds is 27. The van der Waals surface area contributed by atoms with Crippen molar-refractivity contribution in [2.45, 2.75) is 196 Å². The summed E-state index contributed by atoms with van der Waals surface area (Å²) < 4.78 is 16.7. The number of hydrogen-bond donors (Lipinski definition) is 4. The van der Waals surface area contributed by atoms with Crippen LogP contribution in [-0.4, -0.2) is 87.7 Å². The molecule has 0 aromatic rings. The lowest BCUT2D eigenvalue weighted by atomic mass is 9.90. The zero-order valence-corrected chi connectivity index (χ0v) is 37.0. The van der Waals surface area contributed by atoms with Crippen molar-refractivity contribution in [2.75, 3.05) is 53.7 Å². The fourth-order valence-corrected chi connectivity index (χ4v) is 4.27. The minimum atomic E-state index is -0.946. The topological polar surface area (TPSA) is 160 Å². The summed E-state index contributed by atoms with van der Waals surface area (Å²) in [5.41, 5.74) is -0.199. The maximum Gasteiger partial charge on any atom is 0.306 e. The number of unbranched alkanes of at least 4 members (excludes halogenated alkanes) is 8. The molecule has 11 nitrogen and oxygen atoms in total. The van der Waals surface area contributed by atoms with Crippen LogP contribution in [-0.2, 0) is 33.4 Å². The van der Waals surface area contributed by atoms with Crippen LogP contribution in [0.4, 0.5) is 0 Å². The highest BCUT2D eigenvalue weighted by atomic mass is 16.5. The lowest BCUT2D eigenvalue weighted by Crippen LogP contribution is -2.30. The Morgan fingerprint density at radius 1 is 0.545 bits per heavy atom. The van der Waals surface area contributed by atoms with Crippen molar-refractivity contribution in [1.29, 1.82) is 0 Å². The summed E-state index contributed by atoms with van der Waals surface area (Å²) in [6.07, 6.45) is 26.6. The van der Waals surface area contributed by atoms with Gasteiger partial charge in [0.05, 0.1) is 39.3 Å². The van der Waals surface area contributed by atoms with Gasteiger partial charge in [-0.05, 0) is 25.7 Å². The third kappa shape index (κ3) is 42.7. The summed E-state index contributed by atoms with van der Waals surface area (Å²) in [7, 11) is 3.03. The SMILES string of the molecule is C1CCC1.C1CCC1.CCCCCCCOCC(C)(CC)CO.CCCCCCCOCC(C)(CC)COC(=O)CCC(=O)NC.CNC(=O)CCC(=O)O. The number of nitrogens with one attached hydrogen (secondary N) is 2. The summed E-state index contributed by atoms with van der Waals surface area (Å²) in [5.74, 6) is -1.66. The third-order valence-corrected chi connectivity index (χ3v) is 10.0. The van der Waals surface area contributed by atoms with E-state index in [0.29, 0.717) is 19.8 Å². The fourth-order valence-electron chi connectivity index (χ4n) is 4.27. The molecule has 0 radical (unpaired) electrons. The van der Waals surface area contributed by atoms with Crippen molar-refractivity contribution in [3.63, 3.8) is 0 Å². The number of aliphatic hydroxyl groups excluding tert-OH is 1. The summed E-state index contributed by atoms with van der Waals surface area (Å²) in [4.78, 5) is 42.9. The molecule has 0 aromatic carbocycles. The maximum atomic E-state index is 11.7. The van der Waals surface area contributed by atoms with Crippen LogP contribution in [0.15, 0.2) is 0 Å². The zero-order chi connectivity index (χ0) is 42.1. The molecular weight excluding hydrogens is 700 g/mol. The number of aliphatic carboxylic acids is 1. The van der Waals surface area contributed by atoms with E-state index >= 15 is 0 Å². The number of ether oxygens (including phenoxy) is 3. The minimum Gasteiger partial charge on any atom is -0.481 e. The van der Waals surface area contributed by atoms with Crippen molar-refractivity contribution in [2.24, 2.45) is 10.8 Å². The largest absolute Gasteiger partial charge is 0.481 e. The number of hydrogen-bond acceptors (Lipinski definition) is 8. The Labute approximate surface area is 337 Å². The molecule has 2 fully saturated rings. The number of amides is 2. The van der Waals surface area contributed by atoms with Gasteiger partial charge in [0.1, 0.15) is 0 Å². The van der Waals surface area contributed by atoms with Gasteiger partial charge in [-0.25, -0.2) is 0 Å². The number of carboxylic acid groups (broad SMARTS) is 1. The Hall–Kier alpha value is -2.24. The van der Waals surface area contributed by atoms with Crippen LogP contribution in [0.2, 0.25) is 0 Å². The first-order valence-corrected chi connectivity index (χ1v) is 21.9. The Balaban J connectivity index is -0.000000712. The first-order chi connectivity index (χ1) is 26.3. The molecule has 2 amide bonds. The molecule has 0 heterocycles. The number of carbonyl (C=O) groups excluding carboxylic acids is 3. The normalized spacial score (nSPS) is 14.6. The van der Waals surface area contributed by atoms with E-state index in [9.17, 15) is 24.3 Å². The highest BCUT2D eigenvalue weighted by Crippen LogP contribution is 2.23. The lowest BCUT2D eigenvalue weighted by Gasteiger charge is -2.27. The molecule has 2 aliphatic rings. The second kappa shape index (κ2) is 41.4. The molecule has 0 aromatic heterocycles. The Kier molecular flexibility index (Phi) is 43.0. The average Bonchev–Trinajstić information content (AvgIpc) is 3.13. The Morgan fingerprint density at radius 3 is 1.25 bits per heavy atom. The fraction of sp³-hybridized carbons (Fsp3) is 0.909. The Bertz CT molecular complexity index is 874. The van der Waals surface area contributed by atoms with Gasteiger partial charge in [-0.1, -0.05) is 144 Å². The first-order valence-electron chi connectivity index (χ1n) is 21.9. The molecule has 0 spiro atoms. The molecule has 0 bridgehead atoms. The van der Waals surface area contributed by atoms with Crippen molar-refractivity contribution in [3.8, 4) is 0 Å². The standard InChI is InChI=1S/C18H35NO4.C13H28O2.C5H9NO3.2C4H8/c1-5-7-8-9-10-13-22-14-18(3,6-2)15-23-17(21)12-11-16(20)19-4;1-4-6-7-8-9-10-15-12-13(3,5-2)11-14;1-6-4(7)2-3-5(8)9;2*1-2-4-3-1/h5-15H2,1-4H3,(H,19,20);14H,4-12H2,1-3H3;2-3H2,1H3,(H,6,7)(H,8,9);2*1-4H2. The summed E-state index contributed by atoms with van der Waals surface area (Å²) in [5, 5.41) is 22.1. The molecule has 11 heteroatoms. The van der Waals surface area contributed by atoms with Crippen molar-refractivity contribution >= 4 is 23.8 Å². The first kappa shape index (κ1) is 57.1. The van der Waals surface area contributed by atoms with Crippen molar-refractivity contribution < 1.29 is 43.6 Å². The number of esters is 1. The molecule has 2 unspecified atom stereocenters. The van der Waals surface area contributed by atoms with Crippen molar-refractivity contribution in [1.82, 2.24) is 10.6 Å². The van der Waals surface area contributed by atoms with Gasteiger partial charge in [0.25, 0.3) is 0 Å². The predicted molar refractivity (Wildman–Crippen MR) is 225 cm³/mol. The van der Waals surface area contributed by atoms with E-state index in [1.165, 1.54) is 110 Å². The van der Waals surface area contributed by atoms with E-state index in [-0.39, 0.29) is 60.9 Å². The van der Waals surface area contributed by atoms with Crippen LogP contribution in [0.25, 0.3) is 0 Å². The second-order valence-corrected chi connectivity index (χ2v) is 15.6. The van der Waals surface area contributed by atoms with Crippen LogP contribution in [0, 0.1) is 10.8 Å². The van der Waals surface area contributed by atoms with Crippen LogP contribution < -0.4 is 10.6 Å². The summed E-state index contributed by atoms with van der Waals surface area (Å²) in [6, 6.07) is 0. The molecule has 55 heavy (non-hydrogen) atoms. The maximum absolute atomic E-state index is 11.7. The molecule has 328 valence electrons. The molecule has 0 saturated heterocycles.